The lowest BCUT2D eigenvalue weighted by atomic mass is 10.1. The molecule has 0 bridgehead atoms. The molecule has 0 saturated heterocycles. The molecule has 3 aromatic rings. The Labute approximate surface area is 129 Å². The van der Waals surface area contributed by atoms with Crippen LogP contribution in [0.5, 0.6) is 0 Å². The van der Waals surface area contributed by atoms with Crippen LogP contribution in [0, 0.1) is 0 Å². The van der Waals surface area contributed by atoms with Gasteiger partial charge in [0.05, 0.1) is 0 Å². The summed E-state index contributed by atoms with van der Waals surface area (Å²) in [6.45, 7) is 0. The first kappa shape index (κ1) is 13.4. The van der Waals surface area contributed by atoms with Crippen LogP contribution in [-0.2, 0) is 6.42 Å². The molecule has 0 fully saturated rings. The predicted octanol–water partition coefficient (Wildman–Crippen LogP) is 4.51. The number of aryl methyl sites for hydroxylation is 1. The molecule has 4 nitrogen and oxygen atoms in total. The van der Waals surface area contributed by atoms with Gasteiger partial charge in [-0.1, -0.05) is 33.2 Å². The normalized spacial score (nSPS) is 10.9. The number of fused-ring (bicyclic) bond motifs is 1. The molecule has 0 aliphatic carbocycles. The van der Waals surface area contributed by atoms with Crippen molar-refractivity contribution < 1.29 is 4.42 Å². The van der Waals surface area contributed by atoms with E-state index < -0.39 is 0 Å². The van der Waals surface area contributed by atoms with Gasteiger partial charge in [-0.2, -0.15) is 0 Å². The molecule has 2 aromatic carbocycles. The Morgan fingerprint density at radius 1 is 1.10 bits per heavy atom. The number of aromatic nitrogens is 2. The summed E-state index contributed by atoms with van der Waals surface area (Å²) in [5, 5.41) is 13.2. The topological polar surface area (TPSA) is 51.0 Å². The highest BCUT2D eigenvalue weighted by molar-refractivity contribution is 9.10. The standard InChI is InChI=1S/C14H11BrClN3O/c15-11-3-1-10-8-12(4-2-9(10)7-11)17-14-19-18-13(20-14)5-6-16/h1-4,7-8H,5-6H2,(H,17,19). The molecule has 0 atom stereocenters. The van der Waals surface area contributed by atoms with E-state index in [2.05, 4.69) is 43.6 Å². The van der Waals surface area contributed by atoms with Crippen LogP contribution in [0.25, 0.3) is 10.8 Å². The Hall–Kier alpha value is -1.59. The van der Waals surface area contributed by atoms with Crippen LogP contribution in [0.15, 0.2) is 45.3 Å². The average Bonchev–Trinajstić information content (AvgIpc) is 2.87. The molecule has 0 aliphatic heterocycles. The minimum absolute atomic E-state index is 0.376. The zero-order valence-corrected chi connectivity index (χ0v) is 12.8. The largest absolute Gasteiger partial charge is 0.408 e. The highest BCUT2D eigenvalue weighted by Crippen LogP contribution is 2.24. The third-order valence-corrected chi connectivity index (χ3v) is 3.51. The summed E-state index contributed by atoms with van der Waals surface area (Å²) in [4.78, 5) is 0. The maximum absolute atomic E-state index is 5.63. The number of benzene rings is 2. The molecule has 20 heavy (non-hydrogen) atoms. The molecule has 0 radical (unpaired) electrons. The van der Waals surface area contributed by atoms with Crippen molar-refractivity contribution in [3.05, 3.63) is 46.8 Å². The van der Waals surface area contributed by atoms with Crippen molar-refractivity contribution >= 4 is 50.0 Å². The van der Waals surface area contributed by atoms with E-state index in [1.807, 2.05) is 24.3 Å². The number of rotatable bonds is 4. The summed E-state index contributed by atoms with van der Waals surface area (Å²) >= 11 is 9.09. The number of nitrogens with zero attached hydrogens (tertiary/aromatic N) is 2. The fraction of sp³-hybridized carbons (Fsp3) is 0.143. The van der Waals surface area contributed by atoms with Crippen LogP contribution in [0.3, 0.4) is 0 Å². The van der Waals surface area contributed by atoms with Gasteiger partial charge < -0.3 is 9.73 Å². The Morgan fingerprint density at radius 3 is 2.75 bits per heavy atom. The molecule has 0 saturated carbocycles. The van der Waals surface area contributed by atoms with Gasteiger partial charge in [-0.15, -0.1) is 16.7 Å². The zero-order chi connectivity index (χ0) is 13.9. The Bertz CT molecular complexity index is 744. The zero-order valence-electron chi connectivity index (χ0n) is 10.4. The van der Waals surface area contributed by atoms with Gasteiger partial charge in [-0.3, -0.25) is 0 Å². The third-order valence-electron chi connectivity index (χ3n) is 2.83. The van der Waals surface area contributed by atoms with E-state index in [0.717, 1.165) is 15.5 Å². The van der Waals surface area contributed by atoms with Crippen molar-refractivity contribution in [3.8, 4) is 0 Å². The maximum Gasteiger partial charge on any atom is 0.320 e. The van der Waals surface area contributed by atoms with E-state index in [1.165, 1.54) is 5.39 Å². The molecule has 1 aromatic heterocycles. The molecule has 1 heterocycles. The van der Waals surface area contributed by atoms with Gasteiger partial charge in [0.2, 0.25) is 5.89 Å². The minimum atomic E-state index is 0.376. The predicted molar refractivity (Wildman–Crippen MR) is 83.7 cm³/mol. The summed E-state index contributed by atoms with van der Waals surface area (Å²) in [6.07, 6.45) is 0.571. The first-order valence-corrected chi connectivity index (χ1v) is 7.42. The maximum atomic E-state index is 5.63. The summed E-state index contributed by atoms with van der Waals surface area (Å²) in [7, 11) is 0. The number of anilines is 2. The quantitative estimate of drug-likeness (QED) is 0.702. The summed E-state index contributed by atoms with van der Waals surface area (Å²) in [6, 6.07) is 12.6. The van der Waals surface area contributed by atoms with Crippen LogP contribution < -0.4 is 5.32 Å². The van der Waals surface area contributed by atoms with Crippen LogP contribution in [0.2, 0.25) is 0 Å². The first-order chi connectivity index (χ1) is 9.74. The number of hydrogen-bond donors (Lipinski definition) is 1. The SMILES string of the molecule is ClCCc1nnc(Nc2ccc3cc(Br)ccc3c2)o1. The molecule has 0 aliphatic rings. The third kappa shape index (κ3) is 2.94. The molecular formula is C14H11BrClN3O. The van der Waals surface area contributed by atoms with E-state index in [-0.39, 0.29) is 0 Å². The van der Waals surface area contributed by atoms with Crippen molar-refractivity contribution in [1.29, 1.82) is 0 Å². The highest BCUT2D eigenvalue weighted by atomic mass is 79.9. The average molecular weight is 353 g/mol. The van der Waals surface area contributed by atoms with E-state index in [0.29, 0.717) is 24.2 Å². The van der Waals surface area contributed by atoms with Crippen molar-refractivity contribution in [2.24, 2.45) is 0 Å². The van der Waals surface area contributed by atoms with E-state index in [9.17, 15) is 0 Å². The Morgan fingerprint density at radius 2 is 1.90 bits per heavy atom. The van der Waals surface area contributed by atoms with Crippen LogP contribution in [-0.4, -0.2) is 16.1 Å². The number of nitrogens with one attached hydrogen (secondary N) is 1. The first-order valence-electron chi connectivity index (χ1n) is 6.09. The summed E-state index contributed by atoms with van der Waals surface area (Å²) in [5.41, 5.74) is 0.904. The molecule has 0 unspecified atom stereocenters. The lowest BCUT2D eigenvalue weighted by Crippen LogP contribution is -1.90. The fourth-order valence-corrected chi connectivity index (χ4v) is 2.44. The Kier molecular flexibility index (Phi) is 3.89. The fourth-order valence-electron chi connectivity index (χ4n) is 1.90. The number of alkyl halides is 1. The molecule has 102 valence electrons. The van der Waals surface area contributed by atoms with Gasteiger partial charge in [0.15, 0.2) is 0 Å². The van der Waals surface area contributed by atoms with Crippen LogP contribution in [0.4, 0.5) is 11.7 Å². The summed E-state index contributed by atoms with van der Waals surface area (Å²) < 4.78 is 6.50. The second-order valence-corrected chi connectivity index (χ2v) is 5.56. The lowest BCUT2D eigenvalue weighted by Gasteiger charge is -2.04. The molecule has 0 spiro atoms. The number of halogens is 2. The molecule has 0 amide bonds. The van der Waals surface area contributed by atoms with Gasteiger partial charge in [0.1, 0.15) is 0 Å². The minimum Gasteiger partial charge on any atom is -0.408 e. The molecule has 6 heteroatoms. The molecule has 3 rings (SSSR count). The molecular weight excluding hydrogens is 342 g/mol. The second-order valence-electron chi connectivity index (χ2n) is 4.27. The van der Waals surface area contributed by atoms with Gasteiger partial charge in [-0.05, 0) is 35.0 Å². The van der Waals surface area contributed by atoms with Crippen molar-refractivity contribution in [2.45, 2.75) is 6.42 Å². The summed E-state index contributed by atoms with van der Waals surface area (Å²) in [5.74, 6) is 0.999. The van der Waals surface area contributed by atoms with Crippen LogP contribution >= 0.6 is 27.5 Å². The lowest BCUT2D eigenvalue weighted by molar-refractivity contribution is 0.516. The van der Waals surface area contributed by atoms with Gasteiger partial charge in [0, 0.05) is 22.5 Å². The van der Waals surface area contributed by atoms with E-state index in [4.69, 9.17) is 16.0 Å². The van der Waals surface area contributed by atoms with Gasteiger partial charge >= 0.3 is 6.01 Å². The van der Waals surface area contributed by atoms with Crippen molar-refractivity contribution in [2.75, 3.05) is 11.2 Å². The smallest absolute Gasteiger partial charge is 0.320 e. The Balaban J connectivity index is 1.84. The monoisotopic (exact) mass is 351 g/mol. The highest BCUT2D eigenvalue weighted by Gasteiger charge is 2.06. The number of hydrogen-bond acceptors (Lipinski definition) is 4. The van der Waals surface area contributed by atoms with E-state index >= 15 is 0 Å². The molecule has 1 N–H and O–H groups in total. The van der Waals surface area contributed by atoms with Gasteiger partial charge in [-0.25, -0.2) is 0 Å². The second kappa shape index (κ2) is 5.81. The van der Waals surface area contributed by atoms with Crippen molar-refractivity contribution in [1.82, 2.24) is 10.2 Å². The van der Waals surface area contributed by atoms with Crippen LogP contribution in [0.1, 0.15) is 5.89 Å². The van der Waals surface area contributed by atoms with Gasteiger partial charge in [0.25, 0.3) is 0 Å². The van der Waals surface area contributed by atoms with E-state index in [1.54, 1.807) is 0 Å². The van der Waals surface area contributed by atoms with Crippen molar-refractivity contribution in [3.63, 3.8) is 0 Å².